The third-order valence-electron chi connectivity index (χ3n) is 4.17. The summed E-state index contributed by atoms with van der Waals surface area (Å²) in [6.07, 6.45) is 0.862. The van der Waals surface area contributed by atoms with Crippen LogP contribution in [0.15, 0.2) is 30.3 Å². The van der Waals surface area contributed by atoms with E-state index in [-0.39, 0.29) is 11.6 Å². The second kappa shape index (κ2) is 4.20. The van der Waals surface area contributed by atoms with Crippen LogP contribution in [0.2, 0.25) is 0 Å². The Morgan fingerprint density at radius 3 is 2.75 bits per heavy atom. The molecular weight excluding hydrogens is 258 g/mol. The first-order valence-corrected chi connectivity index (χ1v) is 6.80. The zero-order valence-corrected chi connectivity index (χ0v) is 10.9. The monoisotopic (exact) mass is 272 g/mol. The lowest BCUT2D eigenvalue weighted by Crippen LogP contribution is -2.16. The van der Waals surface area contributed by atoms with Crippen LogP contribution in [0, 0.1) is 11.6 Å². The van der Waals surface area contributed by atoms with Gasteiger partial charge in [0.1, 0.15) is 5.82 Å². The normalized spacial score (nSPS) is 16.0. The molecule has 1 N–H and O–H groups in total. The van der Waals surface area contributed by atoms with Crippen LogP contribution in [0.4, 0.5) is 20.2 Å². The maximum atomic E-state index is 14.6. The van der Waals surface area contributed by atoms with Crippen LogP contribution in [-0.2, 0) is 19.5 Å². The largest absolute Gasteiger partial charge is 0.382 e. The summed E-state index contributed by atoms with van der Waals surface area (Å²) in [7, 11) is 0. The zero-order valence-electron chi connectivity index (χ0n) is 10.9. The summed E-state index contributed by atoms with van der Waals surface area (Å²) in [6.45, 7) is 1.77. The van der Waals surface area contributed by atoms with Gasteiger partial charge in [-0.3, -0.25) is 0 Å². The van der Waals surface area contributed by atoms with Crippen molar-refractivity contribution in [2.24, 2.45) is 0 Å². The number of rotatable bonds is 1. The smallest absolute Gasteiger partial charge is 0.169 e. The molecule has 0 aromatic heterocycles. The van der Waals surface area contributed by atoms with E-state index >= 15 is 0 Å². The molecule has 2 aromatic carbocycles. The van der Waals surface area contributed by atoms with Gasteiger partial charge in [-0.05, 0) is 29.7 Å². The molecule has 4 heteroatoms. The summed E-state index contributed by atoms with van der Waals surface area (Å²) in [5, 5.41) is 3.09. The van der Waals surface area contributed by atoms with Crippen LogP contribution >= 0.6 is 0 Å². The van der Waals surface area contributed by atoms with Crippen molar-refractivity contribution in [1.82, 2.24) is 0 Å². The minimum absolute atomic E-state index is 0.204. The highest BCUT2D eigenvalue weighted by Gasteiger charge is 2.26. The maximum absolute atomic E-state index is 14.6. The lowest BCUT2D eigenvalue weighted by molar-refractivity contribution is 0.607. The Hall–Kier alpha value is -2.10. The van der Waals surface area contributed by atoms with Crippen LogP contribution < -0.4 is 10.2 Å². The molecule has 0 saturated heterocycles. The van der Waals surface area contributed by atoms with Crippen molar-refractivity contribution < 1.29 is 8.78 Å². The van der Waals surface area contributed by atoms with Crippen molar-refractivity contribution in [1.29, 1.82) is 0 Å². The van der Waals surface area contributed by atoms with Gasteiger partial charge in [0.15, 0.2) is 5.82 Å². The summed E-state index contributed by atoms with van der Waals surface area (Å²) in [6, 6.07) is 8.85. The number of anilines is 2. The number of fused-ring (bicyclic) bond motifs is 2. The molecule has 0 aliphatic carbocycles. The molecule has 0 bridgehead atoms. The Balaban J connectivity index is 1.73. The van der Waals surface area contributed by atoms with Gasteiger partial charge in [0.25, 0.3) is 0 Å². The van der Waals surface area contributed by atoms with E-state index in [1.54, 1.807) is 6.07 Å². The standard InChI is InChI=1S/C16H14F2N2/c17-13-3-1-2-11-8-20(9-12(11)13)14-5-4-10-6-7-19-16(10)15(14)18/h1-5,19H,6-9H2. The van der Waals surface area contributed by atoms with Crippen LogP contribution in [0.3, 0.4) is 0 Å². The number of nitrogens with one attached hydrogen (secondary N) is 1. The van der Waals surface area contributed by atoms with Gasteiger partial charge in [-0.15, -0.1) is 0 Å². The molecule has 2 heterocycles. The third kappa shape index (κ3) is 1.60. The minimum Gasteiger partial charge on any atom is -0.382 e. The fourth-order valence-corrected chi connectivity index (χ4v) is 3.12. The molecule has 2 aliphatic heterocycles. The van der Waals surface area contributed by atoms with Gasteiger partial charge >= 0.3 is 0 Å². The van der Waals surface area contributed by atoms with Gasteiger partial charge in [-0.2, -0.15) is 0 Å². The number of hydrogen-bond donors (Lipinski definition) is 1. The second-order valence-electron chi connectivity index (χ2n) is 5.34. The fraction of sp³-hybridized carbons (Fsp3) is 0.250. The van der Waals surface area contributed by atoms with Gasteiger partial charge in [0.2, 0.25) is 0 Å². The zero-order chi connectivity index (χ0) is 13.7. The van der Waals surface area contributed by atoms with Crippen molar-refractivity contribution in [2.45, 2.75) is 19.5 Å². The quantitative estimate of drug-likeness (QED) is 0.855. The molecule has 2 aliphatic rings. The Morgan fingerprint density at radius 2 is 1.90 bits per heavy atom. The molecule has 20 heavy (non-hydrogen) atoms. The number of benzene rings is 2. The van der Waals surface area contributed by atoms with Gasteiger partial charge in [-0.1, -0.05) is 18.2 Å². The Labute approximate surface area is 116 Å². The topological polar surface area (TPSA) is 15.3 Å². The van der Waals surface area contributed by atoms with Crippen molar-refractivity contribution in [3.63, 3.8) is 0 Å². The SMILES string of the molecule is Fc1cccc2c1CN(c1ccc3c(c1F)NCC3)C2. The van der Waals surface area contributed by atoms with E-state index in [0.717, 1.165) is 24.1 Å². The molecule has 0 unspecified atom stereocenters. The van der Waals surface area contributed by atoms with E-state index in [9.17, 15) is 8.78 Å². The second-order valence-corrected chi connectivity index (χ2v) is 5.34. The molecule has 0 saturated carbocycles. The Kier molecular flexibility index (Phi) is 2.46. The average molecular weight is 272 g/mol. The molecule has 2 aromatic rings. The first-order chi connectivity index (χ1) is 9.74. The van der Waals surface area contributed by atoms with Crippen molar-refractivity contribution in [3.05, 3.63) is 58.7 Å². The molecule has 2 nitrogen and oxygen atoms in total. The summed E-state index contributed by atoms with van der Waals surface area (Å²) in [5.74, 6) is -0.419. The molecule has 0 fully saturated rings. The summed E-state index contributed by atoms with van der Waals surface area (Å²) in [4.78, 5) is 1.89. The predicted molar refractivity (Wildman–Crippen MR) is 74.9 cm³/mol. The fourth-order valence-electron chi connectivity index (χ4n) is 3.12. The third-order valence-corrected chi connectivity index (χ3v) is 4.17. The van der Waals surface area contributed by atoms with Crippen molar-refractivity contribution in [3.8, 4) is 0 Å². The molecule has 102 valence electrons. The first-order valence-electron chi connectivity index (χ1n) is 6.80. The molecule has 0 spiro atoms. The van der Waals surface area contributed by atoms with Gasteiger partial charge < -0.3 is 10.2 Å². The summed E-state index contributed by atoms with van der Waals surface area (Å²) >= 11 is 0. The number of hydrogen-bond acceptors (Lipinski definition) is 2. The van der Waals surface area contributed by atoms with E-state index in [1.807, 2.05) is 23.1 Å². The molecule has 0 atom stereocenters. The highest BCUT2D eigenvalue weighted by atomic mass is 19.1. The van der Waals surface area contributed by atoms with Crippen LogP contribution in [0.1, 0.15) is 16.7 Å². The predicted octanol–water partition coefficient (Wildman–Crippen LogP) is 3.45. The highest BCUT2D eigenvalue weighted by Crippen LogP contribution is 2.36. The van der Waals surface area contributed by atoms with Crippen molar-refractivity contribution in [2.75, 3.05) is 16.8 Å². The molecule has 0 radical (unpaired) electrons. The first kappa shape index (κ1) is 11.7. The van der Waals surface area contributed by atoms with E-state index < -0.39 is 0 Å². The Morgan fingerprint density at radius 1 is 1.00 bits per heavy atom. The van der Waals surface area contributed by atoms with E-state index in [1.165, 1.54) is 6.07 Å². The molecule has 4 rings (SSSR count). The van der Waals surface area contributed by atoms with E-state index in [0.29, 0.717) is 30.0 Å². The highest BCUT2D eigenvalue weighted by molar-refractivity contribution is 5.67. The van der Waals surface area contributed by atoms with Crippen LogP contribution in [-0.4, -0.2) is 6.54 Å². The summed E-state index contributed by atoms with van der Waals surface area (Å²) < 4.78 is 28.3. The molecule has 0 amide bonds. The van der Waals surface area contributed by atoms with Crippen LogP contribution in [0.5, 0.6) is 0 Å². The van der Waals surface area contributed by atoms with Gasteiger partial charge in [0, 0.05) is 25.2 Å². The number of halogens is 2. The Bertz CT molecular complexity index is 697. The van der Waals surface area contributed by atoms with Crippen LogP contribution in [0.25, 0.3) is 0 Å². The van der Waals surface area contributed by atoms with Crippen molar-refractivity contribution >= 4 is 11.4 Å². The van der Waals surface area contributed by atoms with E-state index in [4.69, 9.17) is 0 Å². The van der Waals surface area contributed by atoms with E-state index in [2.05, 4.69) is 5.32 Å². The molecular formula is C16H14F2N2. The lowest BCUT2D eigenvalue weighted by Gasteiger charge is -2.20. The average Bonchev–Trinajstić information content (AvgIpc) is 3.06. The lowest BCUT2D eigenvalue weighted by atomic mass is 10.1. The number of nitrogens with zero attached hydrogens (tertiary/aromatic N) is 1. The van der Waals surface area contributed by atoms with Gasteiger partial charge in [-0.25, -0.2) is 8.78 Å². The minimum atomic E-state index is -0.215. The van der Waals surface area contributed by atoms with Gasteiger partial charge in [0.05, 0.1) is 11.4 Å². The summed E-state index contributed by atoms with van der Waals surface area (Å²) in [5.41, 5.74) is 3.81. The maximum Gasteiger partial charge on any atom is 0.169 e.